The van der Waals surface area contributed by atoms with E-state index in [0.29, 0.717) is 0 Å². The van der Waals surface area contributed by atoms with Crippen LogP contribution in [0.1, 0.15) is 0 Å². The van der Waals surface area contributed by atoms with Gasteiger partial charge in [0.25, 0.3) is 15.9 Å². The Morgan fingerprint density at radius 1 is 1.33 bits per heavy atom. The summed E-state index contributed by atoms with van der Waals surface area (Å²) in [5, 5.41) is 18.0. The van der Waals surface area contributed by atoms with Crippen molar-refractivity contribution in [3.8, 4) is 11.8 Å². The molecule has 0 amide bonds. The fourth-order valence-corrected chi connectivity index (χ4v) is 3.52. The molecule has 0 saturated carbocycles. The highest BCUT2D eigenvalue weighted by Gasteiger charge is 2.23. The van der Waals surface area contributed by atoms with E-state index in [1.807, 2.05) is 0 Å². The standard InChI is InChI=1S/C14H15Cl2N3O6S.ClH/c1-24-14-13(17-5-11(18-14)25-7-8(21)6-20)19-26(22,23)10-4-2-3-9(15)12(10)16;/h2-5,8,20-21H,6-7H2,1H3,(H,17,19);1H/t8-;/m0./s1. The van der Waals surface area contributed by atoms with E-state index in [0.717, 1.165) is 6.20 Å². The fraction of sp³-hybridized carbons (Fsp3) is 0.286. The first kappa shape index (κ1) is 23.5. The molecule has 0 saturated heterocycles. The molecule has 0 aliphatic carbocycles. The molecule has 9 nitrogen and oxygen atoms in total. The number of rotatable bonds is 8. The molecular weight excluding hydrogens is 445 g/mol. The molecule has 0 fully saturated rings. The molecule has 0 radical (unpaired) electrons. The molecule has 1 aromatic carbocycles. The monoisotopic (exact) mass is 459 g/mol. The van der Waals surface area contributed by atoms with E-state index in [4.69, 9.17) is 37.8 Å². The first-order valence-corrected chi connectivity index (χ1v) is 9.32. The van der Waals surface area contributed by atoms with Crippen molar-refractivity contribution in [3.63, 3.8) is 0 Å². The number of methoxy groups -OCH3 is 1. The molecule has 0 bridgehead atoms. The normalized spacial score (nSPS) is 12.0. The predicted molar refractivity (Wildman–Crippen MR) is 102 cm³/mol. The van der Waals surface area contributed by atoms with Crippen LogP contribution in [0.5, 0.6) is 11.8 Å². The fourth-order valence-electron chi connectivity index (χ4n) is 1.75. The van der Waals surface area contributed by atoms with Crippen molar-refractivity contribution < 1.29 is 28.1 Å². The van der Waals surface area contributed by atoms with Gasteiger partial charge in [0.05, 0.1) is 30.0 Å². The zero-order valence-electron chi connectivity index (χ0n) is 13.8. The zero-order valence-corrected chi connectivity index (χ0v) is 16.9. The molecule has 0 aliphatic heterocycles. The summed E-state index contributed by atoms with van der Waals surface area (Å²) >= 11 is 11.8. The SMILES string of the molecule is COc1nc(OC[C@@H](O)CO)cnc1NS(=O)(=O)c1cccc(Cl)c1Cl.Cl. The van der Waals surface area contributed by atoms with Crippen molar-refractivity contribution in [1.82, 2.24) is 9.97 Å². The molecule has 1 aromatic heterocycles. The third-order valence-corrected chi connectivity index (χ3v) is 5.30. The third kappa shape index (κ3) is 5.96. The lowest BCUT2D eigenvalue weighted by Crippen LogP contribution is -2.22. The number of halogens is 3. The minimum absolute atomic E-state index is 0. The van der Waals surface area contributed by atoms with Gasteiger partial charge in [-0.05, 0) is 12.1 Å². The van der Waals surface area contributed by atoms with Crippen LogP contribution in [-0.4, -0.2) is 55.0 Å². The highest BCUT2D eigenvalue weighted by Crippen LogP contribution is 2.31. The van der Waals surface area contributed by atoms with Gasteiger partial charge in [0.1, 0.15) is 17.6 Å². The Morgan fingerprint density at radius 2 is 2.04 bits per heavy atom. The molecule has 2 rings (SSSR count). The van der Waals surface area contributed by atoms with Crippen molar-refractivity contribution >= 4 is 51.5 Å². The molecule has 0 spiro atoms. The average Bonchev–Trinajstić information content (AvgIpc) is 2.62. The first-order chi connectivity index (χ1) is 12.3. The van der Waals surface area contributed by atoms with Crippen molar-refractivity contribution in [1.29, 1.82) is 0 Å². The van der Waals surface area contributed by atoms with Gasteiger partial charge < -0.3 is 19.7 Å². The predicted octanol–water partition coefficient (Wildman–Crippen LogP) is 1.75. The summed E-state index contributed by atoms with van der Waals surface area (Å²) in [6.07, 6.45) is 0.0373. The van der Waals surface area contributed by atoms with Crippen LogP contribution in [0.3, 0.4) is 0 Å². The summed E-state index contributed by atoms with van der Waals surface area (Å²) in [6, 6.07) is 4.18. The number of hydrogen-bond acceptors (Lipinski definition) is 8. The van der Waals surface area contributed by atoms with Crippen molar-refractivity contribution in [2.24, 2.45) is 0 Å². The Bertz CT molecular complexity index is 884. The van der Waals surface area contributed by atoms with Crippen LogP contribution in [0.2, 0.25) is 10.0 Å². The van der Waals surface area contributed by atoms with E-state index >= 15 is 0 Å². The zero-order chi connectivity index (χ0) is 19.3. The third-order valence-electron chi connectivity index (χ3n) is 2.98. The lowest BCUT2D eigenvalue weighted by Gasteiger charge is -2.13. The van der Waals surface area contributed by atoms with E-state index in [9.17, 15) is 13.5 Å². The van der Waals surface area contributed by atoms with E-state index in [1.165, 1.54) is 25.3 Å². The van der Waals surface area contributed by atoms with Crippen LogP contribution in [0.25, 0.3) is 0 Å². The van der Waals surface area contributed by atoms with Crippen molar-refractivity contribution in [2.45, 2.75) is 11.0 Å². The number of benzene rings is 1. The van der Waals surface area contributed by atoms with Crippen molar-refractivity contribution in [2.75, 3.05) is 25.0 Å². The second-order valence-corrected chi connectivity index (χ2v) is 7.31. The maximum Gasteiger partial charge on any atom is 0.264 e. The Kier molecular flexibility index (Phi) is 8.79. The Hall–Kier alpha value is -1.56. The molecular formula is C14H16Cl3N3O6S. The van der Waals surface area contributed by atoms with Crippen LogP contribution >= 0.6 is 35.6 Å². The van der Waals surface area contributed by atoms with E-state index < -0.39 is 22.7 Å². The topological polar surface area (TPSA) is 131 Å². The largest absolute Gasteiger partial charge is 0.478 e. The average molecular weight is 461 g/mol. The summed E-state index contributed by atoms with van der Waals surface area (Å²) in [5.74, 6) is -0.389. The van der Waals surface area contributed by atoms with Gasteiger partial charge in [0, 0.05) is 0 Å². The van der Waals surface area contributed by atoms with Gasteiger partial charge in [-0.1, -0.05) is 29.3 Å². The van der Waals surface area contributed by atoms with Gasteiger partial charge in [0.15, 0.2) is 0 Å². The molecule has 150 valence electrons. The number of aliphatic hydroxyl groups is 2. The number of aromatic nitrogens is 2. The first-order valence-electron chi connectivity index (χ1n) is 7.08. The van der Waals surface area contributed by atoms with Gasteiger partial charge in [-0.15, -0.1) is 12.4 Å². The van der Waals surface area contributed by atoms with Crippen LogP contribution in [0.4, 0.5) is 5.82 Å². The van der Waals surface area contributed by atoms with E-state index in [1.54, 1.807) is 0 Å². The number of nitrogens with zero attached hydrogens (tertiary/aromatic N) is 2. The molecule has 3 N–H and O–H groups in total. The van der Waals surface area contributed by atoms with Crippen LogP contribution in [-0.2, 0) is 10.0 Å². The lowest BCUT2D eigenvalue weighted by molar-refractivity contribution is 0.0518. The van der Waals surface area contributed by atoms with Crippen LogP contribution in [0, 0.1) is 0 Å². The Balaban J connectivity index is 0.00000364. The summed E-state index contributed by atoms with van der Waals surface area (Å²) in [5.41, 5.74) is 0. The van der Waals surface area contributed by atoms with Crippen molar-refractivity contribution in [3.05, 3.63) is 34.4 Å². The highest BCUT2D eigenvalue weighted by molar-refractivity contribution is 7.92. The quantitative estimate of drug-likeness (QED) is 0.543. The smallest absolute Gasteiger partial charge is 0.264 e. The number of hydrogen-bond donors (Lipinski definition) is 3. The Labute approximate surface area is 171 Å². The van der Waals surface area contributed by atoms with Gasteiger partial charge in [0.2, 0.25) is 11.7 Å². The molecule has 0 aliphatic rings. The van der Waals surface area contributed by atoms with Gasteiger partial charge in [-0.3, -0.25) is 4.72 Å². The Morgan fingerprint density at radius 3 is 2.67 bits per heavy atom. The lowest BCUT2D eigenvalue weighted by atomic mass is 10.4. The van der Waals surface area contributed by atoms with Gasteiger partial charge in [-0.2, -0.15) is 4.98 Å². The van der Waals surface area contributed by atoms with E-state index in [2.05, 4.69) is 14.7 Å². The maximum atomic E-state index is 12.5. The molecule has 0 unspecified atom stereocenters. The second kappa shape index (κ2) is 10.1. The van der Waals surface area contributed by atoms with Gasteiger partial charge >= 0.3 is 0 Å². The summed E-state index contributed by atoms with van der Waals surface area (Å²) < 4.78 is 37.4. The van der Waals surface area contributed by atoms with E-state index in [-0.39, 0.29) is 51.5 Å². The van der Waals surface area contributed by atoms with Gasteiger partial charge in [-0.25, -0.2) is 13.4 Å². The second-order valence-electron chi connectivity index (χ2n) is 4.87. The number of ether oxygens (including phenoxy) is 2. The number of aliphatic hydroxyl groups excluding tert-OH is 2. The number of nitrogens with one attached hydrogen (secondary N) is 1. The highest BCUT2D eigenvalue weighted by atomic mass is 35.5. The molecule has 1 atom stereocenters. The molecule has 2 aromatic rings. The molecule has 1 heterocycles. The van der Waals surface area contributed by atoms with Crippen LogP contribution < -0.4 is 14.2 Å². The minimum Gasteiger partial charge on any atom is -0.478 e. The molecule has 27 heavy (non-hydrogen) atoms. The number of sulfonamides is 1. The minimum atomic E-state index is -4.10. The summed E-state index contributed by atoms with van der Waals surface area (Å²) in [7, 11) is -2.84. The maximum absolute atomic E-state index is 12.5. The molecule has 13 heteroatoms. The van der Waals surface area contributed by atoms with Crippen LogP contribution in [0.15, 0.2) is 29.3 Å². The number of anilines is 1. The summed E-state index contributed by atoms with van der Waals surface area (Å²) in [4.78, 5) is 7.59. The summed E-state index contributed by atoms with van der Waals surface area (Å²) in [6.45, 7) is -0.708.